The molecule has 2 heterocycles. The van der Waals surface area contributed by atoms with Crippen LogP contribution in [0.15, 0.2) is 0 Å². The molecule has 0 aromatic heterocycles. The normalized spacial score (nSPS) is 32.1. The Bertz CT molecular complexity index is 206. The summed E-state index contributed by atoms with van der Waals surface area (Å²) in [4.78, 5) is 4.66. The van der Waals surface area contributed by atoms with Crippen LogP contribution in [0.4, 0.5) is 0 Å². The Labute approximate surface area is 85.9 Å². The lowest BCUT2D eigenvalue weighted by molar-refractivity contribution is -0.0398. The molecule has 4 nitrogen and oxygen atoms in total. The molecule has 0 aliphatic carbocycles. The van der Waals surface area contributed by atoms with E-state index in [1.807, 2.05) is 0 Å². The summed E-state index contributed by atoms with van der Waals surface area (Å²) in [7, 11) is 4.29. The van der Waals surface area contributed by atoms with Crippen molar-refractivity contribution in [3.8, 4) is 0 Å². The van der Waals surface area contributed by atoms with Crippen molar-refractivity contribution in [1.82, 2.24) is 15.1 Å². The molecule has 0 amide bonds. The largest absolute Gasteiger partial charge is 0.386 e. The van der Waals surface area contributed by atoms with Crippen molar-refractivity contribution < 1.29 is 5.11 Å². The summed E-state index contributed by atoms with van der Waals surface area (Å²) >= 11 is 0. The summed E-state index contributed by atoms with van der Waals surface area (Å²) in [6, 6.07) is 0.629. The van der Waals surface area contributed by atoms with Gasteiger partial charge in [-0.2, -0.15) is 0 Å². The minimum absolute atomic E-state index is 0.462. The van der Waals surface area contributed by atoms with Gasteiger partial charge in [-0.05, 0) is 27.1 Å². The number of hydrogen-bond donors (Lipinski definition) is 2. The lowest BCUT2D eigenvalue weighted by Gasteiger charge is -2.41. The zero-order valence-electron chi connectivity index (χ0n) is 9.16. The average molecular weight is 199 g/mol. The lowest BCUT2D eigenvalue weighted by Crippen LogP contribution is -2.65. The highest BCUT2D eigenvalue weighted by Gasteiger charge is 2.37. The second kappa shape index (κ2) is 3.77. The summed E-state index contributed by atoms with van der Waals surface area (Å²) in [5, 5.41) is 13.1. The topological polar surface area (TPSA) is 38.7 Å². The minimum atomic E-state index is -0.462. The molecular formula is C10H21N3O. The first kappa shape index (κ1) is 10.4. The molecule has 2 aliphatic rings. The van der Waals surface area contributed by atoms with Crippen molar-refractivity contribution >= 4 is 0 Å². The van der Waals surface area contributed by atoms with Gasteiger partial charge in [0.1, 0.15) is 5.60 Å². The molecule has 2 N–H and O–H groups in total. The van der Waals surface area contributed by atoms with Gasteiger partial charge in [-0.25, -0.2) is 0 Å². The fourth-order valence-corrected chi connectivity index (χ4v) is 2.39. The minimum Gasteiger partial charge on any atom is -0.386 e. The molecule has 2 fully saturated rings. The molecule has 2 saturated heterocycles. The molecule has 1 atom stereocenters. The van der Waals surface area contributed by atoms with E-state index in [2.05, 4.69) is 29.2 Å². The SMILES string of the molecule is CN1CCC(N(C)CC2(O)CNC2)C1. The molecule has 0 bridgehead atoms. The van der Waals surface area contributed by atoms with Crippen molar-refractivity contribution in [3.05, 3.63) is 0 Å². The van der Waals surface area contributed by atoms with Crippen molar-refractivity contribution in [3.63, 3.8) is 0 Å². The lowest BCUT2D eigenvalue weighted by atomic mass is 9.96. The predicted octanol–water partition coefficient (Wildman–Crippen LogP) is -1.04. The number of nitrogens with zero attached hydrogens (tertiary/aromatic N) is 2. The first-order valence-electron chi connectivity index (χ1n) is 5.41. The first-order chi connectivity index (χ1) is 6.59. The molecule has 14 heavy (non-hydrogen) atoms. The molecule has 4 heteroatoms. The van der Waals surface area contributed by atoms with Crippen LogP contribution in [0.25, 0.3) is 0 Å². The van der Waals surface area contributed by atoms with Crippen molar-refractivity contribution in [2.24, 2.45) is 0 Å². The van der Waals surface area contributed by atoms with Crippen molar-refractivity contribution in [1.29, 1.82) is 0 Å². The Morgan fingerprint density at radius 1 is 1.57 bits per heavy atom. The van der Waals surface area contributed by atoms with Crippen LogP contribution in [0, 0.1) is 0 Å². The Morgan fingerprint density at radius 3 is 2.71 bits per heavy atom. The molecule has 0 radical (unpaired) electrons. The summed E-state index contributed by atoms with van der Waals surface area (Å²) in [6.45, 7) is 4.63. The van der Waals surface area contributed by atoms with Gasteiger partial charge in [-0.3, -0.25) is 4.90 Å². The van der Waals surface area contributed by atoms with Crippen molar-refractivity contribution in [2.45, 2.75) is 18.1 Å². The van der Waals surface area contributed by atoms with E-state index in [0.29, 0.717) is 6.04 Å². The molecule has 0 spiro atoms. The molecule has 2 rings (SSSR count). The van der Waals surface area contributed by atoms with Crippen LogP contribution in [0.5, 0.6) is 0 Å². The summed E-state index contributed by atoms with van der Waals surface area (Å²) in [6.07, 6.45) is 1.23. The molecule has 0 saturated carbocycles. The van der Waals surface area contributed by atoms with E-state index in [9.17, 15) is 5.11 Å². The Hall–Kier alpha value is -0.160. The standard InChI is InChI=1S/C10H21N3O/c1-12-4-3-9(5-12)13(2)8-10(14)6-11-7-10/h9,11,14H,3-8H2,1-2H3. The molecule has 0 aromatic carbocycles. The van der Waals surface area contributed by atoms with Crippen LogP contribution in [-0.4, -0.2) is 73.4 Å². The van der Waals surface area contributed by atoms with Gasteiger partial charge in [0.25, 0.3) is 0 Å². The predicted molar refractivity (Wildman–Crippen MR) is 56.4 cm³/mol. The smallest absolute Gasteiger partial charge is 0.102 e. The maximum atomic E-state index is 9.99. The van der Waals surface area contributed by atoms with Crippen LogP contribution < -0.4 is 5.32 Å². The van der Waals surface area contributed by atoms with Crippen molar-refractivity contribution in [2.75, 3.05) is 46.8 Å². The molecular weight excluding hydrogens is 178 g/mol. The van der Waals surface area contributed by atoms with E-state index in [1.54, 1.807) is 0 Å². The van der Waals surface area contributed by atoms with Crippen LogP contribution in [0.3, 0.4) is 0 Å². The van der Waals surface area contributed by atoms with Gasteiger partial charge in [-0.1, -0.05) is 0 Å². The van der Waals surface area contributed by atoms with Crippen LogP contribution in [0.1, 0.15) is 6.42 Å². The van der Waals surface area contributed by atoms with Crippen LogP contribution >= 0.6 is 0 Å². The fourth-order valence-electron chi connectivity index (χ4n) is 2.39. The van der Waals surface area contributed by atoms with Gasteiger partial charge in [-0.15, -0.1) is 0 Å². The van der Waals surface area contributed by atoms with Gasteiger partial charge in [0.15, 0.2) is 0 Å². The fraction of sp³-hybridized carbons (Fsp3) is 1.00. The van der Waals surface area contributed by atoms with E-state index in [0.717, 1.165) is 26.2 Å². The summed E-state index contributed by atoms with van der Waals surface area (Å²) in [5.74, 6) is 0. The molecule has 82 valence electrons. The monoisotopic (exact) mass is 199 g/mol. The number of likely N-dealkylation sites (tertiary alicyclic amines) is 1. The van der Waals surface area contributed by atoms with Crippen LogP contribution in [0.2, 0.25) is 0 Å². The Kier molecular flexibility index (Phi) is 2.79. The van der Waals surface area contributed by atoms with Gasteiger partial charge in [0.2, 0.25) is 0 Å². The Balaban J connectivity index is 1.80. The maximum Gasteiger partial charge on any atom is 0.102 e. The highest BCUT2D eigenvalue weighted by molar-refractivity contribution is 4.96. The zero-order valence-corrected chi connectivity index (χ0v) is 9.16. The van der Waals surface area contributed by atoms with E-state index in [-0.39, 0.29) is 0 Å². The highest BCUT2D eigenvalue weighted by Crippen LogP contribution is 2.17. The number of likely N-dealkylation sites (N-methyl/N-ethyl adjacent to an activating group) is 2. The number of aliphatic hydroxyl groups is 1. The second-order valence-corrected chi connectivity index (χ2v) is 4.95. The zero-order chi connectivity index (χ0) is 10.2. The summed E-state index contributed by atoms with van der Waals surface area (Å²) in [5.41, 5.74) is -0.462. The summed E-state index contributed by atoms with van der Waals surface area (Å²) < 4.78 is 0. The number of nitrogens with one attached hydrogen (secondary N) is 1. The maximum absolute atomic E-state index is 9.99. The molecule has 1 unspecified atom stereocenters. The van der Waals surface area contributed by atoms with Gasteiger partial charge in [0.05, 0.1) is 0 Å². The first-order valence-corrected chi connectivity index (χ1v) is 5.41. The average Bonchev–Trinajstić information content (AvgIpc) is 2.49. The third-order valence-corrected chi connectivity index (χ3v) is 3.44. The van der Waals surface area contributed by atoms with Gasteiger partial charge in [0, 0.05) is 32.2 Å². The Morgan fingerprint density at radius 2 is 2.29 bits per heavy atom. The van der Waals surface area contributed by atoms with Gasteiger partial charge < -0.3 is 15.3 Å². The second-order valence-electron chi connectivity index (χ2n) is 4.95. The third kappa shape index (κ3) is 2.08. The number of β-amino-alcohol motifs (C(OH)–C–C–N with tert-alkyl or cyclic N) is 1. The van der Waals surface area contributed by atoms with Crippen LogP contribution in [-0.2, 0) is 0 Å². The van der Waals surface area contributed by atoms with E-state index >= 15 is 0 Å². The van der Waals surface area contributed by atoms with Gasteiger partial charge >= 0.3 is 0 Å². The number of rotatable bonds is 3. The quantitative estimate of drug-likeness (QED) is 0.609. The van der Waals surface area contributed by atoms with E-state index < -0.39 is 5.60 Å². The number of hydrogen-bond acceptors (Lipinski definition) is 4. The van der Waals surface area contributed by atoms with E-state index in [1.165, 1.54) is 13.0 Å². The molecule has 2 aliphatic heterocycles. The van der Waals surface area contributed by atoms with E-state index in [4.69, 9.17) is 0 Å². The third-order valence-electron chi connectivity index (χ3n) is 3.44. The molecule has 0 aromatic rings. The highest BCUT2D eigenvalue weighted by atomic mass is 16.3.